The quantitative estimate of drug-likeness (QED) is 0.713. The number of hydrogen-bond acceptors (Lipinski definition) is 5. The highest BCUT2D eigenvalue weighted by Gasteiger charge is 2.67. The maximum Gasteiger partial charge on any atom is 0.315 e. The highest BCUT2D eigenvalue weighted by molar-refractivity contribution is 5.80. The predicted molar refractivity (Wildman–Crippen MR) is 114 cm³/mol. The van der Waals surface area contributed by atoms with E-state index >= 15 is 0 Å². The number of nitriles is 1. The van der Waals surface area contributed by atoms with Crippen LogP contribution in [0.15, 0.2) is 48.7 Å². The number of hydrogen-bond donors (Lipinski definition) is 1. The molecular weight excluding hydrogens is 414 g/mol. The number of halogens is 2. The Hall–Kier alpha value is -3.11. The van der Waals surface area contributed by atoms with E-state index in [1.54, 1.807) is 43.5 Å². The molecule has 1 aromatic carbocycles. The number of aromatic nitrogens is 1. The summed E-state index contributed by atoms with van der Waals surface area (Å²) in [7, 11) is 0. The van der Waals surface area contributed by atoms with E-state index in [2.05, 4.69) is 11.1 Å². The number of carbonyl (C=O) groups is 1. The van der Waals surface area contributed by atoms with Crippen LogP contribution >= 0.6 is 0 Å². The molecule has 0 bridgehead atoms. The molecule has 0 unspecified atom stereocenters. The van der Waals surface area contributed by atoms with Crippen LogP contribution in [0.3, 0.4) is 0 Å². The number of cyclic esters (lactones) is 1. The first-order chi connectivity index (χ1) is 15.2. The summed E-state index contributed by atoms with van der Waals surface area (Å²) in [5.74, 6) is -6.11. The fraction of sp³-hybridized carbons (Fsp3) is 0.400. The molecule has 1 aromatic heterocycles. The lowest BCUT2D eigenvalue weighted by Gasteiger charge is -2.47. The Morgan fingerprint density at radius 1 is 1.28 bits per heavy atom. The number of alkyl halides is 2. The molecule has 2 aromatic rings. The molecule has 0 amide bonds. The van der Waals surface area contributed by atoms with Crippen molar-refractivity contribution in [1.29, 1.82) is 5.26 Å². The van der Waals surface area contributed by atoms with Crippen LogP contribution in [0.1, 0.15) is 31.5 Å². The SMILES string of the molecule is C[C@H]1OC(=O)[C@]2(CO)CC(F)(F)[C@@H](C)[C@H](C=Cc3ccc(-c4ccccc4C#N)cn3)[C@H]12. The fourth-order valence-electron chi connectivity index (χ4n) is 5.21. The standard InChI is InChI=1S/C25H24F2N2O3/c1-15-20(22-16(2)32-23(31)24(22,14-30)13-25(15,26)27)10-9-19-8-7-18(12-29-19)21-6-4-3-5-17(21)11-28/h3-10,12,15-16,20,22,30H,13-14H2,1-2H3/t15-,16+,20-,22-,24-/m0/s1. The molecular formula is C25H24F2N2O3. The van der Waals surface area contributed by atoms with Crippen LogP contribution in [0.2, 0.25) is 0 Å². The van der Waals surface area contributed by atoms with Crippen LogP contribution in [0.5, 0.6) is 0 Å². The topological polar surface area (TPSA) is 83.2 Å². The fourth-order valence-corrected chi connectivity index (χ4v) is 5.21. The van der Waals surface area contributed by atoms with Crippen LogP contribution < -0.4 is 0 Å². The smallest absolute Gasteiger partial charge is 0.315 e. The molecule has 1 saturated carbocycles. The Morgan fingerprint density at radius 2 is 2.03 bits per heavy atom. The third kappa shape index (κ3) is 3.49. The van der Waals surface area contributed by atoms with Gasteiger partial charge in [0, 0.05) is 35.6 Å². The summed E-state index contributed by atoms with van der Waals surface area (Å²) < 4.78 is 35.0. The summed E-state index contributed by atoms with van der Waals surface area (Å²) in [6.45, 7) is 2.50. The lowest BCUT2D eigenvalue weighted by Crippen LogP contribution is -2.55. The van der Waals surface area contributed by atoms with Crippen molar-refractivity contribution in [3.05, 3.63) is 59.9 Å². The number of allylic oxidation sites excluding steroid dienone is 1. The molecule has 2 aliphatic rings. The second-order valence-corrected chi connectivity index (χ2v) is 8.74. The van der Waals surface area contributed by atoms with Crippen molar-refractivity contribution in [2.75, 3.05) is 6.61 Å². The molecule has 5 nitrogen and oxygen atoms in total. The Balaban J connectivity index is 1.64. The Morgan fingerprint density at radius 3 is 2.69 bits per heavy atom. The summed E-state index contributed by atoms with van der Waals surface area (Å²) in [6, 6.07) is 12.9. The van der Waals surface area contributed by atoms with Gasteiger partial charge in [-0.25, -0.2) is 8.78 Å². The first kappa shape index (κ1) is 22.1. The highest BCUT2D eigenvalue weighted by atomic mass is 19.3. The summed E-state index contributed by atoms with van der Waals surface area (Å²) in [5.41, 5.74) is 1.05. The normalized spacial score (nSPS) is 31.2. The molecule has 1 aliphatic carbocycles. The van der Waals surface area contributed by atoms with Gasteiger partial charge in [-0.1, -0.05) is 37.3 Å². The van der Waals surface area contributed by atoms with Gasteiger partial charge in [-0.2, -0.15) is 5.26 Å². The summed E-state index contributed by atoms with van der Waals surface area (Å²) in [6.07, 6.45) is 3.69. The minimum Gasteiger partial charge on any atom is -0.462 e. The number of pyridine rings is 1. The molecule has 1 saturated heterocycles. The lowest BCUT2D eigenvalue weighted by atomic mass is 9.57. The molecule has 32 heavy (non-hydrogen) atoms. The van der Waals surface area contributed by atoms with E-state index in [-0.39, 0.29) is 0 Å². The van der Waals surface area contributed by atoms with Crippen molar-refractivity contribution in [2.45, 2.75) is 32.3 Å². The van der Waals surface area contributed by atoms with Crippen molar-refractivity contribution in [2.24, 2.45) is 23.2 Å². The maximum absolute atomic E-state index is 14.9. The zero-order chi connectivity index (χ0) is 23.1. The van der Waals surface area contributed by atoms with Gasteiger partial charge in [0.05, 0.1) is 23.9 Å². The number of fused-ring (bicyclic) bond motifs is 1. The number of aliphatic hydroxyl groups excluding tert-OH is 1. The molecule has 0 spiro atoms. The lowest BCUT2D eigenvalue weighted by molar-refractivity contribution is -0.177. The number of benzene rings is 1. The van der Waals surface area contributed by atoms with Crippen LogP contribution in [0, 0.1) is 34.5 Å². The average molecular weight is 438 g/mol. The van der Waals surface area contributed by atoms with E-state index in [0.717, 1.165) is 11.1 Å². The Kier molecular flexibility index (Phi) is 5.59. The monoisotopic (exact) mass is 438 g/mol. The third-order valence-corrected chi connectivity index (χ3v) is 6.97. The van der Waals surface area contributed by atoms with Gasteiger partial charge >= 0.3 is 5.97 Å². The van der Waals surface area contributed by atoms with Crippen LogP contribution in [-0.4, -0.2) is 34.7 Å². The zero-order valence-electron chi connectivity index (χ0n) is 17.8. The van der Waals surface area contributed by atoms with Crippen molar-refractivity contribution in [3.63, 3.8) is 0 Å². The van der Waals surface area contributed by atoms with Crippen LogP contribution in [0.4, 0.5) is 8.78 Å². The summed E-state index contributed by atoms with van der Waals surface area (Å²) in [4.78, 5) is 16.8. The van der Waals surface area contributed by atoms with E-state index in [0.29, 0.717) is 11.3 Å². The molecule has 4 rings (SSSR count). The molecule has 0 radical (unpaired) electrons. The first-order valence-electron chi connectivity index (χ1n) is 10.6. The zero-order valence-corrected chi connectivity index (χ0v) is 17.8. The molecule has 7 heteroatoms. The van der Waals surface area contributed by atoms with E-state index in [1.807, 2.05) is 18.2 Å². The molecule has 1 N–H and O–H groups in total. The average Bonchev–Trinajstić information content (AvgIpc) is 3.03. The van der Waals surface area contributed by atoms with E-state index in [4.69, 9.17) is 4.74 Å². The molecule has 166 valence electrons. The van der Waals surface area contributed by atoms with Crippen molar-refractivity contribution >= 4 is 12.0 Å². The second-order valence-electron chi connectivity index (χ2n) is 8.74. The minimum atomic E-state index is -3.12. The number of nitrogens with zero attached hydrogens (tertiary/aromatic N) is 2. The van der Waals surface area contributed by atoms with Crippen LogP contribution in [-0.2, 0) is 9.53 Å². The Labute approximate surface area is 185 Å². The van der Waals surface area contributed by atoms with Crippen molar-refractivity contribution in [3.8, 4) is 17.2 Å². The number of esters is 1. The number of rotatable bonds is 4. The summed E-state index contributed by atoms with van der Waals surface area (Å²) in [5, 5.41) is 19.2. The van der Waals surface area contributed by atoms with Gasteiger partial charge in [-0.15, -0.1) is 0 Å². The van der Waals surface area contributed by atoms with Crippen molar-refractivity contribution < 1.29 is 23.4 Å². The molecule has 5 atom stereocenters. The summed E-state index contributed by atoms with van der Waals surface area (Å²) >= 11 is 0. The number of ether oxygens (including phenoxy) is 1. The van der Waals surface area contributed by atoms with Gasteiger partial charge in [0.2, 0.25) is 0 Å². The second kappa shape index (κ2) is 8.10. The van der Waals surface area contributed by atoms with Crippen LogP contribution in [0.25, 0.3) is 17.2 Å². The van der Waals surface area contributed by atoms with Gasteiger partial charge in [-0.3, -0.25) is 9.78 Å². The van der Waals surface area contributed by atoms with E-state index in [9.17, 15) is 23.9 Å². The molecule has 2 heterocycles. The van der Waals surface area contributed by atoms with Gasteiger partial charge < -0.3 is 9.84 Å². The predicted octanol–water partition coefficient (Wildman–Crippen LogP) is 4.46. The molecule has 1 aliphatic heterocycles. The highest BCUT2D eigenvalue weighted by Crippen LogP contribution is 2.59. The van der Waals surface area contributed by atoms with Gasteiger partial charge in [0.15, 0.2) is 0 Å². The van der Waals surface area contributed by atoms with Gasteiger partial charge in [0.1, 0.15) is 11.5 Å². The van der Waals surface area contributed by atoms with E-state index in [1.165, 1.54) is 6.92 Å². The van der Waals surface area contributed by atoms with Gasteiger partial charge in [-0.05, 0) is 31.1 Å². The minimum absolute atomic E-state index is 0.538. The largest absolute Gasteiger partial charge is 0.462 e. The number of aliphatic hydroxyl groups is 1. The van der Waals surface area contributed by atoms with Crippen molar-refractivity contribution in [1.82, 2.24) is 4.98 Å². The molecule has 2 fully saturated rings. The van der Waals surface area contributed by atoms with E-state index < -0.39 is 54.2 Å². The van der Waals surface area contributed by atoms with Gasteiger partial charge in [0.25, 0.3) is 5.92 Å². The maximum atomic E-state index is 14.9. The third-order valence-electron chi connectivity index (χ3n) is 6.97. The Bertz CT molecular complexity index is 1090. The number of carbonyl (C=O) groups excluding carboxylic acids is 1. The first-order valence-corrected chi connectivity index (χ1v) is 10.6.